The standard InChI is InChI=1S/C20H25ClN4O/c21-18-7-5-17(6-8-18)20(26)23-10-1-2-11-24-12-14-25(15-13-24)19-4-3-9-22-16-19/h3-9,16H,1-2,10-15H2,(H,23,26). The van der Waals surface area contributed by atoms with Crippen LogP contribution in [0.25, 0.3) is 0 Å². The summed E-state index contributed by atoms with van der Waals surface area (Å²) in [7, 11) is 0. The smallest absolute Gasteiger partial charge is 0.251 e. The Morgan fingerprint density at radius 2 is 1.85 bits per heavy atom. The maximum absolute atomic E-state index is 12.0. The van der Waals surface area contributed by atoms with Crippen LogP contribution in [0, 0.1) is 0 Å². The molecular weight excluding hydrogens is 348 g/mol. The third-order valence-corrected chi connectivity index (χ3v) is 4.93. The molecule has 0 aliphatic carbocycles. The van der Waals surface area contributed by atoms with Crippen molar-refractivity contribution in [2.45, 2.75) is 12.8 Å². The van der Waals surface area contributed by atoms with E-state index in [0.29, 0.717) is 17.1 Å². The first-order valence-corrected chi connectivity index (χ1v) is 9.51. The normalized spacial score (nSPS) is 15.0. The van der Waals surface area contributed by atoms with Crippen LogP contribution < -0.4 is 10.2 Å². The molecule has 0 saturated carbocycles. The number of anilines is 1. The SMILES string of the molecule is O=C(NCCCCN1CCN(c2cccnc2)CC1)c1ccc(Cl)cc1. The molecule has 6 heteroatoms. The lowest BCUT2D eigenvalue weighted by Gasteiger charge is -2.35. The van der Waals surface area contributed by atoms with E-state index in [1.54, 1.807) is 24.3 Å². The van der Waals surface area contributed by atoms with Crippen LogP contribution in [0.2, 0.25) is 5.02 Å². The molecule has 1 aliphatic heterocycles. The van der Waals surface area contributed by atoms with Crippen LogP contribution in [-0.2, 0) is 0 Å². The zero-order valence-corrected chi connectivity index (χ0v) is 15.7. The summed E-state index contributed by atoms with van der Waals surface area (Å²) in [5.41, 5.74) is 1.86. The molecule has 1 aliphatic rings. The topological polar surface area (TPSA) is 48.5 Å². The minimum Gasteiger partial charge on any atom is -0.368 e. The zero-order chi connectivity index (χ0) is 18.2. The van der Waals surface area contributed by atoms with Gasteiger partial charge in [-0.2, -0.15) is 0 Å². The average Bonchev–Trinajstić information content (AvgIpc) is 2.69. The highest BCUT2D eigenvalue weighted by molar-refractivity contribution is 6.30. The van der Waals surface area contributed by atoms with E-state index >= 15 is 0 Å². The van der Waals surface area contributed by atoms with Crippen LogP contribution in [0.4, 0.5) is 5.69 Å². The molecule has 1 N–H and O–H groups in total. The van der Waals surface area contributed by atoms with E-state index in [1.165, 1.54) is 5.69 Å². The molecule has 138 valence electrons. The molecule has 3 rings (SSSR count). The van der Waals surface area contributed by atoms with E-state index in [-0.39, 0.29) is 5.91 Å². The van der Waals surface area contributed by atoms with Gasteiger partial charge >= 0.3 is 0 Å². The van der Waals surface area contributed by atoms with Crippen molar-refractivity contribution in [1.82, 2.24) is 15.2 Å². The predicted octanol–water partition coefficient (Wildman–Crippen LogP) is 3.07. The predicted molar refractivity (Wildman–Crippen MR) is 106 cm³/mol. The van der Waals surface area contributed by atoms with Gasteiger partial charge in [-0.3, -0.25) is 14.7 Å². The quantitative estimate of drug-likeness (QED) is 0.759. The van der Waals surface area contributed by atoms with Crippen LogP contribution in [-0.4, -0.2) is 55.1 Å². The van der Waals surface area contributed by atoms with Crippen molar-refractivity contribution in [2.75, 3.05) is 44.2 Å². The second kappa shape index (κ2) is 9.55. The van der Waals surface area contributed by atoms with Gasteiger partial charge in [-0.05, 0) is 55.8 Å². The number of piperazine rings is 1. The van der Waals surface area contributed by atoms with Gasteiger partial charge in [-0.15, -0.1) is 0 Å². The third kappa shape index (κ3) is 5.44. The Balaban J connectivity index is 1.29. The lowest BCUT2D eigenvalue weighted by molar-refractivity contribution is 0.0952. The summed E-state index contributed by atoms with van der Waals surface area (Å²) in [5.74, 6) is -0.0354. The number of carbonyl (C=O) groups is 1. The average molecular weight is 373 g/mol. The highest BCUT2D eigenvalue weighted by Gasteiger charge is 2.16. The van der Waals surface area contributed by atoms with Crippen molar-refractivity contribution >= 4 is 23.2 Å². The first kappa shape index (κ1) is 18.7. The highest BCUT2D eigenvalue weighted by Crippen LogP contribution is 2.14. The Hall–Kier alpha value is -2.11. The Kier molecular flexibility index (Phi) is 6.86. The molecule has 0 spiro atoms. The molecular formula is C20H25ClN4O. The van der Waals surface area contributed by atoms with Crippen molar-refractivity contribution in [3.05, 3.63) is 59.4 Å². The lowest BCUT2D eigenvalue weighted by atomic mass is 10.2. The molecule has 2 heterocycles. The van der Waals surface area contributed by atoms with E-state index < -0.39 is 0 Å². The van der Waals surface area contributed by atoms with Gasteiger partial charge in [-0.1, -0.05) is 11.6 Å². The van der Waals surface area contributed by atoms with Crippen molar-refractivity contribution < 1.29 is 4.79 Å². The van der Waals surface area contributed by atoms with E-state index in [4.69, 9.17) is 11.6 Å². The minimum absolute atomic E-state index is 0.0354. The first-order chi connectivity index (χ1) is 12.7. The fraction of sp³-hybridized carbons (Fsp3) is 0.400. The molecule has 1 aromatic carbocycles. The molecule has 0 atom stereocenters. The summed E-state index contributed by atoms with van der Waals surface area (Å²) in [4.78, 5) is 21.1. The number of nitrogens with one attached hydrogen (secondary N) is 1. The highest BCUT2D eigenvalue weighted by atomic mass is 35.5. The molecule has 1 fully saturated rings. The van der Waals surface area contributed by atoms with Gasteiger partial charge in [0.05, 0.1) is 11.9 Å². The number of pyridine rings is 1. The van der Waals surface area contributed by atoms with Crippen LogP contribution in [0.1, 0.15) is 23.2 Å². The number of rotatable bonds is 7. The van der Waals surface area contributed by atoms with E-state index in [1.807, 2.05) is 18.5 Å². The van der Waals surface area contributed by atoms with Crippen molar-refractivity contribution in [2.24, 2.45) is 0 Å². The van der Waals surface area contributed by atoms with E-state index in [9.17, 15) is 4.79 Å². The summed E-state index contributed by atoms with van der Waals surface area (Å²) in [6.07, 6.45) is 5.82. The molecule has 0 bridgehead atoms. The molecule has 0 unspecified atom stereocenters. The molecule has 1 aromatic heterocycles. The monoisotopic (exact) mass is 372 g/mol. The Bertz CT molecular complexity index is 685. The van der Waals surface area contributed by atoms with Crippen LogP contribution in [0.3, 0.4) is 0 Å². The second-order valence-electron chi connectivity index (χ2n) is 6.51. The number of halogens is 1. The maximum Gasteiger partial charge on any atom is 0.251 e. The van der Waals surface area contributed by atoms with Crippen LogP contribution in [0.15, 0.2) is 48.8 Å². The van der Waals surface area contributed by atoms with Gasteiger partial charge in [0.2, 0.25) is 0 Å². The molecule has 1 saturated heterocycles. The zero-order valence-electron chi connectivity index (χ0n) is 14.9. The number of aromatic nitrogens is 1. The summed E-state index contributed by atoms with van der Waals surface area (Å²) in [6, 6.07) is 11.1. The summed E-state index contributed by atoms with van der Waals surface area (Å²) >= 11 is 5.84. The Morgan fingerprint density at radius 3 is 2.54 bits per heavy atom. The molecule has 5 nitrogen and oxygen atoms in total. The molecule has 26 heavy (non-hydrogen) atoms. The van der Waals surface area contributed by atoms with E-state index in [0.717, 1.165) is 45.6 Å². The minimum atomic E-state index is -0.0354. The third-order valence-electron chi connectivity index (χ3n) is 4.68. The number of benzene rings is 1. The number of amides is 1. The van der Waals surface area contributed by atoms with Crippen LogP contribution >= 0.6 is 11.6 Å². The number of hydrogen-bond acceptors (Lipinski definition) is 4. The second-order valence-corrected chi connectivity index (χ2v) is 6.95. The summed E-state index contributed by atoms with van der Waals surface area (Å²) in [6.45, 7) is 6.02. The Labute approximate surface area is 160 Å². The molecule has 0 radical (unpaired) electrons. The molecule has 2 aromatic rings. The fourth-order valence-electron chi connectivity index (χ4n) is 3.14. The fourth-order valence-corrected chi connectivity index (χ4v) is 3.26. The van der Waals surface area contributed by atoms with Crippen molar-refractivity contribution in [1.29, 1.82) is 0 Å². The number of hydrogen-bond donors (Lipinski definition) is 1. The van der Waals surface area contributed by atoms with Gasteiger partial charge in [0.15, 0.2) is 0 Å². The van der Waals surface area contributed by atoms with Crippen LogP contribution in [0.5, 0.6) is 0 Å². The summed E-state index contributed by atoms with van der Waals surface area (Å²) < 4.78 is 0. The number of carbonyl (C=O) groups excluding carboxylic acids is 1. The summed E-state index contributed by atoms with van der Waals surface area (Å²) in [5, 5.41) is 3.61. The largest absolute Gasteiger partial charge is 0.368 e. The van der Waals surface area contributed by atoms with Gasteiger partial charge in [-0.25, -0.2) is 0 Å². The van der Waals surface area contributed by atoms with Gasteiger partial charge in [0.25, 0.3) is 5.91 Å². The number of unbranched alkanes of at least 4 members (excludes halogenated alkanes) is 1. The van der Waals surface area contributed by atoms with Crippen molar-refractivity contribution in [3.8, 4) is 0 Å². The Morgan fingerprint density at radius 1 is 1.08 bits per heavy atom. The van der Waals surface area contributed by atoms with Gasteiger partial charge in [0.1, 0.15) is 0 Å². The first-order valence-electron chi connectivity index (χ1n) is 9.13. The van der Waals surface area contributed by atoms with E-state index in [2.05, 4.69) is 26.2 Å². The maximum atomic E-state index is 12.0. The number of nitrogens with zero attached hydrogens (tertiary/aromatic N) is 3. The van der Waals surface area contributed by atoms with Gasteiger partial charge in [0, 0.05) is 49.5 Å². The lowest BCUT2D eigenvalue weighted by Crippen LogP contribution is -2.46. The van der Waals surface area contributed by atoms with Crippen molar-refractivity contribution in [3.63, 3.8) is 0 Å². The molecule has 1 amide bonds. The van der Waals surface area contributed by atoms with Gasteiger partial charge < -0.3 is 10.2 Å².